The number of hydrogen-bond donors (Lipinski definition) is 2. The molecule has 0 atom stereocenters. The molecule has 0 bridgehead atoms. The van der Waals surface area contributed by atoms with Crippen molar-refractivity contribution in [1.82, 2.24) is 14.8 Å². The summed E-state index contributed by atoms with van der Waals surface area (Å²) in [6.07, 6.45) is 1.85. The van der Waals surface area contributed by atoms with Crippen LogP contribution in [0.1, 0.15) is 31.2 Å². The molecule has 2 N–H and O–H groups in total. The van der Waals surface area contributed by atoms with Gasteiger partial charge in [0.25, 0.3) is 5.56 Å². The predicted molar refractivity (Wildman–Crippen MR) is 119 cm³/mol. The Morgan fingerprint density at radius 3 is 2.45 bits per heavy atom. The maximum absolute atomic E-state index is 13.4. The second-order valence-electron chi connectivity index (χ2n) is 7.99. The van der Waals surface area contributed by atoms with Gasteiger partial charge in [0.05, 0.1) is 15.7 Å². The summed E-state index contributed by atoms with van der Waals surface area (Å²) in [6.45, 7) is 0. The SMILES string of the molecule is O=c1cnn(-c2cc(Cl)c(Oc3ccc(O)c(CC4CCC(F)(F)CC4)c3)c(Cl)c2)c(=O)[nH]1. The van der Waals surface area contributed by atoms with E-state index in [0.717, 1.165) is 10.9 Å². The van der Waals surface area contributed by atoms with Crippen LogP contribution in [0, 0.1) is 5.92 Å². The highest BCUT2D eigenvalue weighted by Crippen LogP contribution is 2.41. The first-order chi connectivity index (χ1) is 15.6. The van der Waals surface area contributed by atoms with E-state index in [2.05, 4.69) is 10.1 Å². The van der Waals surface area contributed by atoms with Crippen molar-refractivity contribution >= 4 is 23.2 Å². The summed E-state index contributed by atoms with van der Waals surface area (Å²) >= 11 is 12.7. The van der Waals surface area contributed by atoms with Crippen LogP contribution in [0.3, 0.4) is 0 Å². The molecule has 0 aliphatic heterocycles. The van der Waals surface area contributed by atoms with Gasteiger partial charge in [-0.25, -0.2) is 13.6 Å². The summed E-state index contributed by atoms with van der Waals surface area (Å²) in [7, 11) is 0. The monoisotopic (exact) mass is 497 g/mol. The number of H-pyrrole nitrogens is 1. The molecule has 174 valence electrons. The van der Waals surface area contributed by atoms with E-state index in [0.29, 0.717) is 30.6 Å². The van der Waals surface area contributed by atoms with Crippen LogP contribution >= 0.6 is 23.2 Å². The Hall–Kier alpha value is -2.91. The minimum absolute atomic E-state index is 0.0420. The molecule has 7 nitrogen and oxygen atoms in total. The number of phenolic OH excluding ortho intramolecular Hbond substituents is 1. The van der Waals surface area contributed by atoms with Gasteiger partial charge >= 0.3 is 5.69 Å². The summed E-state index contributed by atoms with van der Waals surface area (Å²) in [5, 5.41) is 14.2. The first-order valence-electron chi connectivity index (χ1n) is 10.2. The van der Waals surface area contributed by atoms with Gasteiger partial charge in [-0.15, -0.1) is 0 Å². The number of halogens is 4. The molecule has 1 aromatic heterocycles. The zero-order valence-corrected chi connectivity index (χ0v) is 18.7. The number of aromatic amines is 1. The number of aromatic hydroxyl groups is 1. The summed E-state index contributed by atoms with van der Waals surface area (Å²) in [4.78, 5) is 25.3. The lowest BCUT2D eigenvalue weighted by Crippen LogP contribution is -2.30. The van der Waals surface area contributed by atoms with Crippen LogP contribution in [0.15, 0.2) is 46.1 Å². The van der Waals surface area contributed by atoms with Gasteiger partial charge in [0.1, 0.15) is 17.7 Å². The molecule has 4 rings (SSSR count). The zero-order chi connectivity index (χ0) is 23.8. The number of phenols is 1. The van der Waals surface area contributed by atoms with Gasteiger partial charge in [-0.05, 0) is 61.1 Å². The van der Waals surface area contributed by atoms with E-state index in [1.807, 2.05) is 0 Å². The lowest BCUT2D eigenvalue weighted by molar-refractivity contribution is -0.0456. The Kier molecular flexibility index (Phi) is 6.45. The number of nitrogens with zero attached hydrogens (tertiary/aromatic N) is 2. The van der Waals surface area contributed by atoms with E-state index in [4.69, 9.17) is 27.9 Å². The van der Waals surface area contributed by atoms with E-state index < -0.39 is 17.2 Å². The third-order valence-corrected chi connectivity index (χ3v) is 6.12. The molecule has 3 aromatic rings. The van der Waals surface area contributed by atoms with Gasteiger partial charge in [-0.3, -0.25) is 9.78 Å². The molecule has 33 heavy (non-hydrogen) atoms. The number of nitrogens with one attached hydrogen (secondary N) is 1. The van der Waals surface area contributed by atoms with Crippen molar-refractivity contribution in [1.29, 1.82) is 0 Å². The van der Waals surface area contributed by atoms with Crippen LogP contribution in [-0.2, 0) is 6.42 Å². The van der Waals surface area contributed by atoms with Gasteiger partial charge in [0, 0.05) is 12.8 Å². The summed E-state index contributed by atoms with van der Waals surface area (Å²) in [6, 6.07) is 7.42. The van der Waals surface area contributed by atoms with Crippen molar-refractivity contribution in [2.75, 3.05) is 0 Å². The molecule has 0 saturated heterocycles. The molecule has 2 aromatic carbocycles. The summed E-state index contributed by atoms with van der Waals surface area (Å²) < 4.78 is 33.6. The molecule has 1 fully saturated rings. The van der Waals surface area contributed by atoms with Crippen LogP contribution in [-0.4, -0.2) is 25.8 Å². The van der Waals surface area contributed by atoms with Gasteiger partial charge < -0.3 is 9.84 Å². The third-order valence-electron chi connectivity index (χ3n) is 5.56. The number of hydrogen-bond acceptors (Lipinski definition) is 5. The predicted octanol–water partition coefficient (Wildman–Crippen LogP) is 5.09. The van der Waals surface area contributed by atoms with Gasteiger partial charge in [0.2, 0.25) is 5.92 Å². The smallest absolute Gasteiger partial charge is 0.349 e. The molecule has 1 heterocycles. The van der Waals surface area contributed by atoms with Crippen molar-refractivity contribution in [2.45, 2.75) is 38.0 Å². The molecular formula is C22H19Cl2F2N3O4. The standard InChI is InChI=1S/C22H19Cl2F2N3O4/c23-16-9-14(29-21(32)28-19(31)11-27-29)10-17(24)20(16)33-15-1-2-18(30)13(8-15)7-12-3-5-22(25,26)6-4-12/h1-2,8-12,30H,3-7H2,(H,28,31,32). The number of rotatable bonds is 5. The molecule has 11 heteroatoms. The Balaban J connectivity index is 1.56. The van der Waals surface area contributed by atoms with Gasteiger partial charge in [-0.2, -0.15) is 9.78 Å². The molecule has 0 amide bonds. The molecule has 1 saturated carbocycles. The van der Waals surface area contributed by atoms with Crippen LogP contribution in [0.4, 0.5) is 8.78 Å². The second-order valence-corrected chi connectivity index (χ2v) is 8.80. The lowest BCUT2D eigenvalue weighted by atomic mass is 9.83. The summed E-state index contributed by atoms with van der Waals surface area (Å²) in [5.41, 5.74) is -0.597. The number of aromatic nitrogens is 3. The van der Waals surface area contributed by atoms with E-state index in [1.54, 1.807) is 6.07 Å². The minimum atomic E-state index is -2.61. The van der Waals surface area contributed by atoms with Gasteiger partial charge in [0.15, 0.2) is 5.75 Å². The fourth-order valence-corrected chi connectivity index (χ4v) is 4.38. The number of alkyl halides is 2. The molecule has 1 aliphatic carbocycles. The van der Waals surface area contributed by atoms with Crippen molar-refractivity contribution in [3.8, 4) is 22.9 Å². The Bertz CT molecular complexity index is 1280. The van der Waals surface area contributed by atoms with E-state index in [-0.39, 0.29) is 46.0 Å². The molecular weight excluding hydrogens is 479 g/mol. The maximum Gasteiger partial charge on any atom is 0.349 e. The lowest BCUT2D eigenvalue weighted by Gasteiger charge is -2.28. The van der Waals surface area contributed by atoms with Crippen molar-refractivity contribution < 1.29 is 18.6 Å². The van der Waals surface area contributed by atoms with Crippen LogP contribution in [0.5, 0.6) is 17.2 Å². The van der Waals surface area contributed by atoms with E-state index in [1.165, 1.54) is 24.3 Å². The first kappa shape index (κ1) is 23.3. The van der Waals surface area contributed by atoms with Crippen molar-refractivity contribution in [3.63, 3.8) is 0 Å². The third kappa shape index (κ3) is 5.36. The van der Waals surface area contributed by atoms with Crippen LogP contribution in [0.2, 0.25) is 10.0 Å². The molecule has 0 radical (unpaired) electrons. The van der Waals surface area contributed by atoms with Crippen LogP contribution in [0.25, 0.3) is 5.69 Å². The topological polar surface area (TPSA) is 97.2 Å². The van der Waals surface area contributed by atoms with Crippen molar-refractivity contribution in [2.24, 2.45) is 5.92 Å². The average molecular weight is 498 g/mol. The Morgan fingerprint density at radius 1 is 1.15 bits per heavy atom. The molecule has 1 aliphatic rings. The zero-order valence-electron chi connectivity index (χ0n) is 17.2. The Labute approximate surface area is 196 Å². The quantitative estimate of drug-likeness (QED) is 0.511. The largest absolute Gasteiger partial charge is 0.508 e. The second kappa shape index (κ2) is 9.15. The highest BCUT2D eigenvalue weighted by molar-refractivity contribution is 6.37. The average Bonchev–Trinajstić information content (AvgIpc) is 2.74. The fourth-order valence-electron chi connectivity index (χ4n) is 3.83. The highest BCUT2D eigenvalue weighted by atomic mass is 35.5. The normalized spacial score (nSPS) is 16.0. The summed E-state index contributed by atoms with van der Waals surface area (Å²) in [5.74, 6) is -2.05. The van der Waals surface area contributed by atoms with Crippen LogP contribution < -0.4 is 16.0 Å². The Morgan fingerprint density at radius 2 is 1.82 bits per heavy atom. The number of benzene rings is 2. The van der Waals surface area contributed by atoms with Crippen molar-refractivity contribution in [3.05, 3.63) is 73.0 Å². The van der Waals surface area contributed by atoms with Gasteiger partial charge in [-0.1, -0.05) is 23.2 Å². The minimum Gasteiger partial charge on any atom is -0.508 e. The van der Waals surface area contributed by atoms with E-state index >= 15 is 0 Å². The van der Waals surface area contributed by atoms with E-state index in [9.17, 15) is 23.5 Å². The first-order valence-corrected chi connectivity index (χ1v) is 10.9. The molecule has 0 unspecified atom stereocenters. The highest BCUT2D eigenvalue weighted by Gasteiger charge is 2.35. The fraction of sp³-hybridized carbons (Fsp3) is 0.318. The maximum atomic E-state index is 13.4. The number of ether oxygens (including phenoxy) is 1. The molecule has 0 spiro atoms.